The van der Waals surface area contributed by atoms with E-state index in [0.29, 0.717) is 6.20 Å². The third kappa shape index (κ3) is 1.58. The van der Waals surface area contributed by atoms with E-state index < -0.39 is 28.0 Å². The number of pyridine rings is 1. The third-order valence-corrected chi connectivity index (χ3v) is 1.39. The van der Waals surface area contributed by atoms with E-state index in [9.17, 15) is 24.5 Å². The summed E-state index contributed by atoms with van der Waals surface area (Å²) in [6.45, 7) is 0. The number of nitro groups is 1. The van der Waals surface area contributed by atoms with Crippen LogP contribution in [0.1, 0.15) is 10.4 Å². The average Bonchev–Trinajstić information content (AvgIpc) is 2.01. The van der Waals surface area contributed by atoms with Crippen LogP contribution in [0, 0.1) is 21.1 Å². The summed E-state index contributed by atoms with van der Waals surface area (Å²) in [6.07, 6.45) is 0.703. The molecule has 0 unspecified atom stereocenters. The molecule has 0 aliphatic heterocycles. The van der Waals surface area contributed by atoms with Crippen molar-refractivity contribution in [2.24, 2.45) is 0 Å². The molecular weight excluding hydrogens is 199 g/mol. The van der Waals surface area contributed by atoms with E-state index in [1.165, 1.54) is 0 Å². The van der Waals surface area contributed by atoms with Gasteiger partial charge in [0.2, 0.25) is 18.0 Å². The molecule has 7 nitrogen and oxygen atoms in total. The van der Waals surface area contributed by atoms with Gasteiger partial charge in [-0.2, -0.15) is 9.12 Å². The normalized spacial score (nSPS) is 9.79. The molecule has 0 aliphatic rings. The van der Waals surface area contributed by atoms with Gasteiger partial charge in [-0.1, -0.05) is 0 Å². The number of carboxylic acid groups (broad SMARTS) is 1. The molecule has 1 aromatic rings. The number of carbonyl (C=O) groups is 1. The van der Waals surface area contributed by atoms with Crippen molar-refractivity contribution in [2.75, 3.05) is 0 Å². The number of hydrogen-bond donors (Lipinski definition) is 1. The van der Waals surface area contributed by atoms with Crippen LogP contribution in [-0.2, 0) is 0 Å². The minimum Gasteiger partial charge on any atom is -0.619 e. The zero-order valence-electron chi connectivity index (χ0n) is 6.51. The van der Waals surface area contributed by atoms with Crippen LogP contribution in [0.2, 0.25) is 0 Å². The van der Waals surface area contributed by atoms with Crippen LogP contribution in [0.5, 0.6) is 0 Å². The Balaban J connectivity index is 3.52. The van der Waals surface area contributed by atoms with Crippen LogP contribution in [0.25, 0.3) is 0 Å². The van der Waals surface area contributed by atoms with Crippen LogP contribution in [0.15, 0.2) is 12.4 Å². The van der Waals surface area contributed by atoms with Crippen LogP contribution >= 0.6 is 0 Å². The molecule has 1 aromatic heterocycles. The van der Waals surface area contributed by atoms with Gasteiger partial charge in [0, 0.05) is 0 Å². The van der Waals surface area contributed by atoms with Crippen molar-refractivity contribution >= 4 is 11.7 Å². The number of aromatic nitrogens is 1. The lowest BCUT2D eigenvalue weighted by Crippen LogP contribution is -2.28. The Morgan fingerprint density at radius 1 is 1.57 bits per heavy atom. The van der Waals surface area contributed by atoms with Gasteiger partial charge in [-0.3, -0.25) is 10.1 Å². The number of hydrogen-bond acceptors (Lipinski definition) is 4. The van der Waals surface area contributed by atoms with Gasteiger partial charge in [-0.05, 0) is 0 Å². The first-order chi connectivity index (χ1) is 6.43. The molecule has 74 valence electrons. The minimum absolute atomic E-state index is 0.147. The van der Waals surface area contributed by atoms with Gasteiger partial charge < -0.3 is 10.3 Å². The van der Waals surface area contributed by atoms with Crippen LogP contribution in [-0.4, -0.2) is 16.0 Å². The SMILES string of the molecule is O=C(O)c1c[n+]([O-])cc(F)c1[N+](=O)[O-]. The largest absolute Gasteiger partial charge is 0.619 e. The molecule has 0 bridgehead atoms. The molecule has 0 saturated carbocycles. The Kier molecular flexibility index (Phi) is 2.28. The van der Waals surface area contributed by atoms with Crippen LogP contribution in [0.3, 0.4) is 0 Å². The molecule has 0 radical (unpaired) electrons. The van der Waals surface area contributed by atoms with Gasteiger partial charge in [-0.15, -0.1) is 0 Å². The maximum atomic E-state index is 12.8. The lowest BCUT2D eigenvalue weighted by atomic mass is 10.2. The predicted octanol–water partition coefficient (Wildman–Crippen LogP) is 0.0655. The summed E-state index contributed by atoms with van der Waals surface area (Å²) < 4.78 is 12.6. The number of aromatic carboxylic acids is 1. The number of nitrogens with zero attached hydrogens (tertiary/aromatic N) is 2. The van der Waals surface area contributed by atoms with E-state index >= 15 is 0 Å². The van der Waals surface area contributed by atoms with Gasteiger partial charge >= 0.3 is 11.7 Å². The highest BCUT2D eigenvalue weighted by Gasteiger charge is 2.29. The second kappa shape index (κ2) is 3.24. The van der Waals surface area contributed by atoms with E-state index in [4.69, 9.17) is 5.11 Å². The predicted molar refractivity (Wildman–Crippen MR) is 39.0 cm³/mol. The van der Waals surface area contributed by atoms with Crippen molar-refractivity contribution in [1.82, 2.24) is 0 Å². The Hall–Kier alpha value is -2.25. The number of carboxylic acids is 1. The number of halogens is 1. The fraction of sp³-hybridized carbons (Fsp3) is 0. The van der Waals surface area contributed by atoms with Crippen LogP contribution < -0.4 is 4.73 Å². The first-order valence-electron chi connectivity index (χ1n) is 3.23. The molecule has 14 heavy (non-hydrogen) atoms. The van der Waals surface area contributed by atoms with E-state index in [1.54, 1.807) is 0 Å². The van der Waals surface area contributed by atoms with Crippen molar-refractivity contribution < 1.29 is 23.9 Å². The van der Waals surface area contributed by atoms with Gasteiger partial charge in [-0.25, -0.2) is 4.79 Å². The lowest BCUT2D eigenvalue weighted by molar-refractivity contribution is -0.608. The summed E-state index contributed by atoms with van der Waals surface area (Å²) in [6, 6.07) is 0. The Bertz CT molecular complexity index is 419. The molecule has 0 saturated heterocycles. The Morgan fingerprint density at radius 2 is 2.14 bits per heavy atom. The summed E-state index contributed by atoms with van der Waals surface area (Å²) in [5.41, 5.74) is -2.20. The maximum absolute atomic E-state index is 12.8. The van der Waals surface area contributed by atoms with Crippen molar-refractivity contribution in [3.8, 4) is 0 Å². The van der Waals surface area contributed by atoms with Gasteiger partial charge in [0.15, 0.2) is 0 Å². The molecular formula is C6H3FN2O5. The molecule has 0 spiro atoms. The standard InChI is InChI=1S/C6H3FN2O5/c7-4-2-8(12)1-3(6(10)11)5(4)9(13)14/h1-2H,(H,10,11). The van der Waals surface area contributed by atoms with Crippen molar-refractivity contribution in [2.45, 2.75) is 0 Å². The van der Waals surface area contributed by atoms with E-state index in [0.717, 1.165) is 0 Å². The monoisotopic (exact) mass is 202 g/mol. The van der Waals surface area contributed by atoms with Crippen molar-refractivity contribution in [3.05, 3.63) is 39.1 Å². The first kappa shape index (κ1) is 9.84. The van der Waals surface area contributed by atoms with Crippen molar-refractivity contribution in [3.63, 3.8) is 0 Å². The number of rotatable bonds is 2. The van der Waals surface area contributed by atoms with Gasteiger partial charge in [0.05, 0.1) is 4.92 Å². The highest BCUT2D eigenvalue weighted by molar-refractivity contribution is 5.91. The van der Waals surface area contributed by atoms with Crippen molar-refractivity contribution in [1.29, 1.82) is 0 Å². The molecule has 8 heteroatoms. The van der Waals surface area contributed by atoms with Gasteiger partial charge in [0.25, 0.3) is 5.82 Å². The third-order valence-electron chi connectivity index (χ3n) is 1.39. The summed E-state index contributed by atoms with van der Waals surface area (Å²) in [5, 5.41) is 29.3. The molecule has 0 fully saturated rings. The zero-order chi connectivity index (χ0) is 10.9. The molecule has 1 heterocycles. The van der Waals surface area contributed by atoms with E-state index in [1.807, 2.05) is 0 Å². The highest BCUT2D eigenvalue weighted by Crippen LogP contribution is 2.19. The topological polar surface area (TPSA) is 107 Å². The average molecular weight is 202 g/mol. The summed E-state index contributed by atoms with van der Waals surface area (Å²) >= 11 is 0. The fourth-order valence-corrected chi connectivity index (χ4v) is 0.869. The molecule has 0 atom stereocenters. The quantitative estimate of drug-likeness (QED) is 0.316. The molecule has 0 amide bonds. The van der Waals surface area contributed by atoms with Crippen LogP contribution in [0.4, 0.5) is 10.1 Å². The minimum atomic E-state index is -1.74. The second-order valence-corrected chi connectivity index (χ2v) is 2.29. The van der Waals surface area contributed by atoms with E-state index in [-0.39, 0.29) is 10.9 Å². The smallest absolute Gasteiger partial charge is 0.349 e. The molecule has 0 aliphatic carbocycles. The molecule has 1 rings (SSSR count). The second-order valence-electron chi connectivity index (χ2n) is 2.29. The summed E-state index contributed by atoms with van der Waals surface area (Å²) in [7, 11) is 0. The molecule has 0 aromatic carbocycles. The summed E-state index contributed by atoms with van der Waals surface area (Å²) in [4.78, 5) is 19.5. The molecule has 1 N–H and O–H groups in total. The fourth-order valence-electron chi connectivity index (χ4n) is 0.869. The maximum Gasteiger partial charge on any atom is 0.349 e. The highest BCUT2D eigenvalue weighted by atomic mass is 19.1. The Labute approximate surface area is 75.7 Å². The Morgan fingerprint density at radius 3 is 2.57 bits per heavy atom. The summed E-state index contributed by atoms with van der Waals surface area (Å²) in [5.74, 6) is -3.22. The van der Waals surface area contributed by atoms with E-state index in [2.05, 4.69) is 0 Å². The van der Waals surface area contributed by atoms with Gasteiger partial charge in [0.1, 0.15) is 0 Å². The lowest BCUT2D eigenvalue weighted by Gasteiger charge is -1.99. The zero-order valence-corrected chi connectivity index (χ0v) is 6.51. The first-order valence-corrected chi connectivity index (χ1v) is 3.23.